The number of aryl methyl sites for hydroxylation is 1. The van der Waals surface area contributed by atoms with Gasteiger partial charge in [-0.3, -0.25) is 4.79 Å². The summed E-state index contributed by atoms with van der Waals surface area (Å²) in [4.78, 5) is 10.9. The van der Waals surface area contributed by atoms with Crippen molar-refractivity contribution >= 4 is 6.29 Å². The topological polar surface area (TPSA) is 26.3 Å². The van der Waals surface area contributed by atoms with Crippen molar-refractivity contribution in [3.05, 3.63) is 58.9 Å². The summed E-state index contributed by atoms with van der Waals surface area (Å²) in [5.74, 6) is 0.377. The van der Waals surface area contributed by atoms with Crippen LogP contribution in [0.5, 0.6) is 11.5 Å². The molecule has 0 saturated heterocycles. The van der Waals surface area contributed by atoms with E-state index in [0.717, 1.165) is 5.56 Å². The highest BCUT2D eigenvalue weighted by Gasteiger charge is 2.11. The zero-order chi connectivity index (χ0) is 14.7. The van der Waals surface area contributed by atoms with E-state index in [1.165, 1.54) is 23.8 Å². The summed E-state index contributed by atoms with van der Waals surface area (Å²) in [6.07, 6.45) is 0.591. The fourth-order valence-corrected chi connectivity index (χ4v) is 2.20. The van der Waals surface area contributed by atoms with Gasteiger partial charge < -0.3 is 4.74 Å². The van der Waals surface area contributed by atoms with E-state index >= 15 is 0 Å². The third kappa shape index (κ3) is 2.87. The number of hydrogen-bond donors (Lipinski definition) is 0. The Balaban J connectivity index is 2.36. The number of carbonyl (C=O) groups excluding carboxylic acids is 1. The molecule has 0 unspecified atom stereocenters. The third-order valence-corrected chi connectivity index (χ3v) is 3.21. The van der Waals surface area contributed by atoms with Crippen LogP contribution in [0.1, 0.15) is 41.3 Å². The lowest BCUT2D eigenvalue weighted by atomic mass is 9.98. The van der Waals surface area contributed by atoms with Gasteiger partial charge in [0.2, 0.25) is 0 Å². The van der Waals surface area contributed by atoms with Crippen LogP contribution in [0.2, 0.25) is 0 Å². The fraction of sp³-hybridized carbons (Fsp3) is 0.235. The molecular weight excluding hydrogens is 255 g/mol. The zero-order valence-electron chi connectivity index (χ0n) is 11.8. The minimum absolute atomic E-state index is 0.0285. The number of aldehydes is 1. The lowest BCUT2D eigenvalue weighted by molar-refractivity contribution is 0.112. The molecule has 2 rings (SSSR count). The van der Waals surface area contributed by atoms with E-state index in [4.69, 9.17) is 4.74 Å². The smallest absolute Gasteiger partial charge is 0.173 e. The molecule has 0 amide bonds. The van der Waals surface area contributed by atoms with Gasteiger partial charge in [0.25, 0.3) is 0 Å². The van der Waals surface area contributed by atoms with Crippen molar-refractivity contribution in [2.75, 3.05) is 0 Å². The predicted octanol–water partition coefficient (Wildman–Crippen LogP) is 4.86. The van der Waals surface area contributed by atoms with Gasteiger partial charge in [0.1, 0.15) is 5.75 Å². The Labute approximate surface area is 118 Å². The number of carbonyl (C=O) groups is 1. The van der Waals surface area contributed by atoms with E-state index in [1.54, 1.807) is 6.07 Å². The number of ether oxygens (including phenoxy) is 1. The summed E-state index contributed by atoms with van der Waals surface area (Å²) in [7, 11) is 0. The maximum atomic E-state index is 13.7. The van der Waals surface area contributed by atoms with Gasteiger partial charge in [-0.1, -0.05) is 26.0 Å². The Hall–Kier alpha value is -2.16. The van der Waals surface area contributed by atoms with Gasteiger partial charge in [-0.05, 0) is 48.2 Å². The van der Waals surface area contributed by atoms with Crippen LogP contribution in [0.25, 0.3) is 0 Å². The first-order valence-electron chi connectivity index (χ1n) is 6.55. The molecule has 0 aliphatic rings. The Morgan fingerprint density at radius 3 is 2.55 bits per heavy atom. The summed E-state index contributed by atoms with van der Waals surface area (Å²) >= 11 is 0. The van der Waals surface area contributed by atoms with Crippen molar-refractivity contribution in [2.45, 2.75) is 26.7 Å². The first-order valence-corrected chi connectivity index (χ1v) is 6.55. The van der Waals surface area contributed by atoms with Gasteiger partial charge in [-0.2, -0.15) is 0 Å². The van der Waals surface area contributed by atoms with Crippen molar-refractivity contribution in [3.63, 3.8) is 0 Å². The summed E-state index contributed by atoms with van der Waals surface area (Å²) < 4.78 is 19.3. The maximum absolute atomic E-state index is 13.7. The Kier molecular flexibility index (Phi) is 4.18. The van der Waals surface area contributed by atoms with Crippen LogP contribution in [0.15, 0.2) is 36.4 Å². The zero-order valence-corrected chi connectivity index (χ0v) is 11.8. The number of halogens is 1. The SMILES string of the molecule is Cc1cc(Oc2c(F)cccc2C=O)ccc1C(C)C. The summed E-state index contributed by atoms with van der Waals surface area (Å²) in [6, 6.07) is 9.91. The highest BCUT2D eigenvalue weighted by Crippen LogP contribution is 2.30. The molecule has 20 heavy (non-hydrogen) atoms. The molecule has 0 N–H and O–H groups in total. The van der Waals surface area contributed by atoms with E-state index < -0.39 is 5.82 Å². The molecule has 2 nitrogen and oxygen atoms in total. The molecule has 2 aromatic carbocycles. The normalized spacial score (nSPS) is 10.7. The minimum atomic E-state index is -0.541. The quantitative estimate of drug-likeness (QED) is 0.743. The van der Waals surface area contributed by atoms with Crippen LogP contribution in [-0.2, 0) is 0 Å². The lowest BCUT2D eigenvalue weighted by Gasteiger charge is -2.13. The molecule has 2 aromatic rings. The molecule has 0 atom stereocenters. The van der Waals surface area contributed by atoms with Crippen LogP contribution in [-0.4, -0.2) is 6.29 Å². The number of rotatable bonds is 4. The average Bonchev–Trinajstić information content (AvgIpc) is 2.40. The largest absolute Gasteiger partial charge is 0.454 e. The number of benzene rings is 2. The number of hydrogen-bond acceptors (Lipinski definition) is 2. The second-order valence-electron chi connectivity index (χ2n) is 5.05. The Morgan fingerprint density at radius 2 is 1.95 bits per heavy atom. The molecule has 0 aromatic heterocycles. The molecule has 0 fully saturated rings. The van der Waals surface area contributed by atoms with E-state index in [2.05, 4.69) is 13.8 Å². The van der Waals surface area contributed by atoms with Crippen LogP contribution in [0.4, 0.5) is 4.39 Å². The molecule has 0 radical (unpaired) electrons. The van der Waals surface area contributed by atoms with Crippen LogP contribution in [0.3, 0.4) is 0 Å². The van der Waals surface area contributed by atoms with Crippen molar-refractivity contribution in [1.82, 2.24) is 0 Å². The molecule has 104 valence electrons. The molecule has 3 heteroatoms. The predicted molar refractivity (Wildman–Crippen MR) is 77.1 cm³/mol. The van der Waals surface area contributed by atoms with Crippen molar-refractivity contribution in [2.24, 2.45) is 0 Å². The van der Waals surface area contributed by atoms with E-state index in [9.17, 15) is 9.18 Å². The van der Waals surface area contributed by atoms with Gasteiger partial charge in [-0.25, -0.2) is 4.39 Å². The van der Waals surface area contributed by atoms with E-state index in [-0.39, 0.29) is 11.3 Å². The first-order chi connectivity index (χ1) is 9.52. The van der Waals surface area contributed by atoms with Crippen LogP contribution in [0, 0.1) is 12.7 Å². The van der Waals surface area contributed by atoms with Gasteiger partial charge >= 0.3 is 0 Å². The monoisotopic (exact) mass is 272 g/mol. The second kappa shape index (κ2) is 5.87. The minimum Gasteiger partial charge on any atom is -0.454 e. The van der Waals surface area contributed by atoms with E-state index in [1.807, 2.05) is 19.1 Å². The summed E-state index contributed by atoms with van der Waals surface area (Å²) in [5, 5.41) is 0. The Morgan fingerprint density at radius 1 is 1.20 bits per heavy atom. The second-order valence-corrected chi connectivity index (χ2v) is 5.05. The summed E-state index contributed by atoms with van der Waals surface area (Å²) in [5.41, 5.74) is 2.51. The lowest BCUT2D eigenvalue weighted by Crippen LogP contribution is -1.96. The molecule has 0 aliphatic heterocycles. The third-order valence-electron chi connectivity index (χ3n) is 3.21. The first kappa shape index (κ1) is 14.3. The summed E-state index contributed by atoms with van der Waals surface area (Å²) in [6.45, 7) is 6.22. The van der Waals surface area contributed by atoms with Crippen LogP contribution >= 0.6 is 0 Å². The highest BCUT2D eigenvalue weighted by molar-refractivity contribution is 5.79. The molecule has 0 spiro atoms. The molecular formula is C17H17FO2. The molecule has 0 aliphatic carbocycles. The molecule has 0 heterocycles. The highest BCUT2D eigenvalue weighted by atomic mass is 19.1. The van der Waals surface area contributed by atoms with Gasteiger partial charge in [0.05, 0.1) is 5.56 Å². The maximum Gasteiger partial charge on any atom is 0.173 e. The average molecular weight is 272 g/mol. The molecule has 0 bridgehead atoms. The fourth-order valence-electron chi connectivity index (χ4n) is 2.20. The van der Waals surface area contributed by atoms with Gasteiger partial charge in [0.15, 0.2) is 17.9 Å². The molecule has 0 saturated carbocycles. The van der Waals surface area contributed by atoms with Crippen molar-refractivity contribution < 1.29 is 13.9 Å². The van der Waals surface area contributed by atoms with Gasteiger partial charge in [-0.15, -0.1) is 0 Å². The van der Waals surface area contributed by atoms with Crippen molar-refractivity contribution in [1.29, 1.82) is 0 Å². The standard InChI is InChI=1S/C17H17FO2/c1-11(2)15-8-7-14(9-12(15)3)20-17-13(10-19)5-4-6-16(17)18/h4-11H,1-3H3. The van der Waals surface area contributed by atoms with Crippen LogP contribution < -0.4 is 4.74 Å². The van der Waals surface area contributed by atoms with Crippen molar-refractivity contribution in [3.8, 4) is 11.5 Å². The Bertz CT molecular complexity index is 633. The number of para-hydroxylation sites is 1. The van der Waals surface area contributed by atoms with E-state index in [0.29, 0.717) is 18.0 Å². The van der Waals surface area contributed by atoms with Gasteiger partial charge in [0, 0.05) is 0 Å².